The van der Waals surface area contributed by atoms with E-state index >= 15 is 0 Å². The van der Waals surface area contributed by atoms with Gasteiger partial charge in [0.15, 0.2) is 0 Å². The number of aliphatic hydroxyl groups is 1. The van der Waals surface area contributed by atoms with Crippen molar-refractivity contribution in [1.29, 1.82) is 0 Å². The highest BCUT2D eigenvalue weighted by Gasteiger charge is 2.07. The number of unbranched alkanes of at least 4 members (excludes halogenated alkanes) is 1. The summed E-state index contributed by atoms with van der Waals surface area (Å²) in [6.45, 7) is 7.75. The predicted molar refractivity (Wildman–Crippen MR) is 69.0 cm³/mol. The van der Waals surface area contributed by atoms with Crippen LogP contribution in [0.3, 0.4) is 0 Å². The minimum absolute atomic E-state index is 0.283. The zero-order chi connectivity index (χ0) is 11.7. The molecule has 0 heterocycles. The van der Waals surface area contributed by atoms with Crippen LogP contribution >= 0.6 is 12.2 Å². The molecular weight excluding hydrogens is 208 g/mol. The van der Waals surface area contributed by atoms with Gasteiger partial charge >= 0.3 is 0 Å². The fourth-order valence-electron chi connectivity index (χ4n) is 1.53. The maximum Gasteiger partial charge on any atom is 0.0740 e. The monoisotopic (exact) mass is 232 g/mol. The second kappa shape index (κ2) is 9.07. The molecule has 0 rings (SSSR count). The van der Waals surface area contributed by atoms with E-state index in [2.05, 4.69) is 18.7 Å². The summed E-state index contributed by atoms with van der Waals surface area (Å²) in [6.07, 6.45) is 2.71. The van der Waals surface area contributed by atoms with Gasteiger partial charge in [0.1, 0.15) is 0 Å². The number of nitrogens with two attached hydrogens (primary N) is 1. The van der Waals surface area contributed by atoms with Crippen molar-refractivity contribution in [3.05, 3.63) is 0 Å². The number of thiocarbonyl (C=S) groups is 1. The van der Waals surface area contributed by atoms with E-state index < -0.39 is 0 Å². The zero-order valence-corrected chi connectivity index (χ0v) is 10.7. The second-order valence-electron chi connectivity index (χ2n) is 4.34. The normalized spacial score (nSPS) is 11.3. The van der Waals surface area contributed by atoms with Gasteiger partial charge in [-0.15, -0.1) is 0 Å². The Morgan fingerprint density at radius 3 is 2.47 bits per heavy atom. The Bertz CT molecular complexity index is 174. The molecule has 0 fully saturated rings. The Balaban J connectivity index is 3.78. The van der Waals surface area contributed by atoms with Gasteiger partial charge in [-0.25, -0.2) is 0 Å². The minimum Gasteiger partial charge on any atom is -0.396 e. The van der Waals surface area contributed by atoms with Gasteiger partial charge in [0, 0.05) is 26.1 Å². The lowest BCUT2D eigenvalue weighted by Crippen LogP contribution is -2.32. The van der Waals surface area contributed by atoms with Crippen molar-refractivity contribution < 1.29 is 5.11 Å². The van der Waals surface area contributed by atoms with Gasteiger partial charge in [-0.1, -0.05) is 26.1 Å². The Hall–Kier alpha value is -0.190. The third-order valence-electron chi connectivity index (χ3n) is 2.18. The molecule has 0 aromatic rings. The molecule has 0 bridgehead atoms. The van der Waals surface area contributed by atoms with E-state index in [-0.39, 0.29) is 6.61 Å². The summed E-state index contributed by atoms with van der Waals surface area (Å²) in [7, 11) is 0. The molecule has 4 heteroatoms. The summed E-state index contributed by atoms with van der Waals surface area (Å²) < 4.78 is 0. The maximum absolute atomic E-state index is 8.72. The fourth-order valence-corrected chi connectivity index (χ4v) is 1.62. The highest BCUT2D eigenvalue weighted by Crippen LogP contribution is 2.02. The molecule has 0 radical (unpaired) electrons. The highest BCUT2D eigenvalue weighted by atomic mass is 32.1. The molecule has 0 atom stereocenters. The molecule has 90 valence electrons. The van der Waals surface area contributed by atoms with Gasteiger partial charge in [-0.2, -0.15) is 0 Å². The Morgan fingerprint density at radius 1 is 1.33 bits per heavy atom. The van der Waals surface area contributed by atoms with E-state index in [0.717, 1.165) is 38.9 Å². The molecule has 0 saturated carbocycles. The zero-order valence-electron chi connectivity index (χ0n) is 9.91. The maximum atomic E-state index is 8.72. The molecule has 0 aliphatic carbocycles. The molecule has 0 aliphatic rings. The first kappa shape index (κ1) is 14.8. The van der Waals surface area contributed by atoms with Crippen LogP contribution in [0, 0.1) is 5.92 Å². The minimum atomic E-state index is 0.283. The largest absolute Gasteiger partial charge is 0.396 e. The molecule has 0 aromatic carbocycles. The van der Waals surface area contributed by atoms with E-state index in [4.69, 9.17) is 23.1 Å². The topological polar surface area (TPSA) is 49.5 Å². The lowest BCUT2D eigenvalue weighted by molar-refractivity contribution is 0.228. The van der Waals surface area contributed by atoms with E-state index in [9.17, 15) is 0 Å². The molecular formula is C11H24N2OS. The summed E-state index contributed by atoms with van der Waals surface area (Å²) in [5.74, 6) is 0.658. The van der Waals surface area contributed by atoms with Crippen molar-refractivity contribution in [3.63, 3.8) is 0 Å². The Kier molecular flexibility index (Phi) is 8.95. The molecule has 15 heavy (non-hydrogen) atoms. The molecule has 0 spiro atoms. The van der Waals surface area contributed by atoms with Gasteiger partial charge in [0.25, 0.3) is 0 Å². The molecule has 0 unspecified atom stereocenters. The SMILES string of the molecule is CC(C)CN(CCCCO)CCC(N)=S. The van der Waals surface area contributed by atoms with Gasteiger partial charge in [-0.05, 0) is 25.3 Å². The molecule has 3 nitrogen and oxygen atoms in total. The number of hydrogen-bond donors (Lipinski definition) is 2. The lowest BCUT2D eigenvalue weighted by atomic mass is 10.2. The van der Waals surface area contributed by atoms with Crippen molar-refractivity contribution in [2.24, 2.45) is 11.7 Å². The standard InChI is InChI=1S/C11H24N2OS/c1-10(2)9-13(6-3-4-8-14)7-5-11(12)15/h10,14H,3-9H2,1-2H3,(H2,12,15). The Labute approximate surface area is 98.6 Å². The fraction of sp³-hybridized carbons (Fsp3) is 0.909. The van der Waals surface area contributed by atoms with Crippen LogP contribution in [0.2, 0.25) is 0 Å². The van der Waals surface area contributed by atoms with Gasteiger partial charge in [0.2, 0.25) is 0 Å². The van der Waals surface area contributed by atoms with E-state index in [1.165, 1.54) is 0 Å². The first-order valence-corrected chi connectivity index (χ1v) is 6.08. The van der Waals surface area contributed by atoms with E-state index in [1.807, 2.05) is 0 Å². The number of nitrogens with zero attached hydrogens (tertiary/aromatic N) is 1. The molecule has 0 aromatic heterocycles. The molecule has 0 amide bonds. The number of hydrogen-bond acceptors (Lipinski definition) is 3. The second-order valence-corrected chi connectivity index (χ2v) is 4.87. The van der Waals surface area contributed by atoms with Crippen molar-refractivity contribution in [2.45, 2.75) is 33.1 Å². The Morgan fingerprint density at radius 2 is 2.00 bits per heavy atom. The first-order chi connectivity index (χ1) is 7.06. The van der Waals surface area contributed by atoms with E-state index in [1.54, 1.807) is 0 Å². The third-order valence-corrected chi connectivity index (χ3v) is 2.38. The van der Waals surface area contributed by atoms with Gasteiger partial charge in [0.05, 0.1) is 4.99 Å². The van der Waals surface area contributed by atoms with Crippen LogP contribution < -0.4 is 5.73 Å². The smallest absolute Gasteiger partial charge is 0.0740 e. The summed E-state index contributed by atoms with van der Waals surface area (Å²) in [4.78, 5) is 2.96. The summed E-state index contributed by atoms with van der Waals surface area (Å²) in [6, 6.07) is 0. The highest BCUT2D eigenvalue weighted by molar-refractivity contribution is 7.80. The van der Waals surface area contributed by atoms with Crippen molar-refractivity contribution in [2.75, 3.05) is 26.2 Å². The summed E-state index contributed by atoms with van der Waals surface area (Å²) in [5, 5.41) is 8.72. The van der Waals surface area contributed by atoms with Crippen molar-refractivity contribution in [3.8, 4) is 0 Å². The van der Waals surface area contributed by atoms with Gasteiger partial charge in [-0.3, -0.25) is 0 Å². The summed E-state index contributed by atoms with van der Waals surface area (Å²) in [5.41, 5.74) is 5.49. The van der Waals surface area contributed by atoms with E-state index in [0.29, 0.717) is 10.9 Å². The molecule has 3 N–H and O–H groups in total. The lowest BCUT2D eigenvalue weighted by Gasteiger charge is -2.23. The average Bonchev–Trinajstić information content (AvgIpc) is 2.13. The van der Waals surface area contributed by atoms with Crippen LogP contribution in [0.1, 0.15) is 33.1 Å². The molecule has 0 aliphatic heterocycles. The van der Waals surface area contributed by atoms with Crippen molar-refractivity contribution in [1.82, 2.24) is 4.90 Å². The molecule has 0 saturated heterocycles. The predicted octanol–water partition coefficient (Wildman–Crippen LogP) is 1.39. The number of rotatable bonds is 9. The van der Waals surface area contributed by atoms with Crippen LogP contribution in [0.15, 0.2) is 0 Å². The van der Waals surface area contributed by atoms with Crippen molar-refractivity contribution >= 4 is 17.2 Å². The quantitative estimate of drug-likeness (QED) is 0.466. The first-order valence-electron chi connectivity index (χ1n) is 5.67. The van der Waals surface area contributed by atoms with Crippen LogP contribution in [0.4, 0.5) is 0 Å². The van der Waals surface area contributed by atoms with Crippen LogP contribution in [-0.4, -0.2) is 41.2 Å². The van der Waals surface area contributed by atoms with Crippen LogP contribution in [-0.2, 0) is 0 Å². The van der Waals surface area contributed by atoms with Crippen LogP contribution in [0.25, 0.3) is 0 Å². The number of aliphatic hydroxyl groups excluding tert-OH is 1. The van der Waals surface area contributed by atoms with Gasteiger partial charge < -0.3 is 15.7 Å². The van der Waals surface area contributed by atoms with Crippen LogP contribution in [0.5, 0.6) is 0 Å². The average molecular weight is 232 g/mol. The summed E-state index contributed by atoms with van der Waals surface area (Å²) >= 11 is 4.87. The third kappa shape index (κ3) is 10.1.